The molecule has 1 N–H and O–H groups in total. The Kier molecular flexibility index (Phi) is 7.49. The highest BCUT2D eigenvalue weighted by Gasteiger charge is 2.23. The number of hydrogen-bond acceptors (Lipinski definition) is 7. The molecule has 0 saturated heterocycles. The van der Waals surface area contributed by atoms with Gasteiger partial charge in [0.15, 0.2) is 0 Å². The lowest BCUT2D eigenvalue weighted by Crippen LogP contribution is -2.16. The van der Waals surface area contributed by atoms with E-state index in [1.54, 1.807) is 14.0 Å². The molecule has 0 bridgehead atoms. The van der Waals surface area contributed by atoms with E-state index in [0.29, 0.717) is 16.3 Å². The largest absolute Gasteiger partial charge is 0.494 e. The maximum absolute atomic E-state index is 12.8. The van der Waals surface area contributed by atoms with Crippen molar-refractivity contribution in [1.82, 2.24) is 4.98 Å². The summed E-state index contributed by atoms with van der Waals surface area (Å²) in [4.78, 5) is 30.2. The maximum Gasteiger partial charge on any atom is 0.341 e. The van der Waals surface area contributed by atoms with Crippen molar-refractivity contribution in [1.29, 1.82) is 0 Å². The molecule has 2 aromatic heterocycles. The topological polar surface area (TPSA) is 77.5 Å². The average Bonchev–Trinajstić information content (AvgIpc) is 3.26. The number of aryl methyl sites for hydroxylation is 1. The van der Waals surface area contributed by atoms with Crippen LogP contribution in [0, 0.1) is 6.92 Å². The number of para-hydroxylation sites is 1. The molecule has 4 rings (SSSR count). The number of esters is 1. The lowest BCUT2D eigenvalue weighted by Gasteiger charge is -2.10. The fourth-order valence-electron chi connectivity index (χ4n) is 3.59. The fraction of sp³-hybridized carbons (Fsp3) is 0.192. The maximum atomic E-state index is 12.8. The van der Waals surface area contributed by atoms with Crippen LogP contribution < -0.4 is 10.1 Å². The second-order valence-corrected chi connectivity index (χ2v) is 9.29. The van der Waals surface area contributed by atoms with Crippen molar-refractivity contribution in [3.05, 3.63) is 71.1 Å². The predicted octanol–water partition coefficient (Wildman–Crippen LogP) is 6.19. The molecule has 0 spiro atoms. The molecule has 0 aliphatic rings. The van der Waals surface area contributed by atoms with E-state index in [-0.39, 0.29) is 18.3 Å². The van der Waals surface area contributed by atoms with E-state index >= 15 is 0 Å². The number of methoxy groups -OCH3 is 1. The zero-order valence-electron chi connectivity index (χ0n) is 19.1. The Morgan fingerprint density at radius 2 is 1.91 bits per heavy atom. The molecule has 8 heteroatoms. The van der Waals surface area contributed by atoms with Gasteiger partial charge < -0.3 is 14.8 Å². The molecule has 0 atom stereocenters. The molecule has 2 heterocycles. The number of carbonyl (C=O) groups is 2. The molecular weight excluding hydrogens is 468 g/mol. The number of benzene rings is 2. The van der Waals surface area contributed by atoms with Crippen LogP contribution in [0.3, 0.4) is 0 Å². The van der Waals surface area contributed by atoms with Crippen LogP contribution in [-0.2, 0) is 9.53 Å². The van der Waals surface area contributed by atoms with Crippen LogP contribution >= 0.6 is 23.1 Å². The highest BCUT2D eigenvalue weighted by Crippen LogP contribution is 2.36. The van der Waals surface area contributed by atoms with Crippen LogP contribution in [0.4, 0.5) is 5.00 Å². The van der Waals surface area contributed by atoms with Crippen molar-refractivity contribution in [3.63, 3.8) is 0 Å². The van der Waals surface area contributed by atoms with E-state index in [4.69, 9.17) is 9.47 Å². The lowest BCUT2D eigenvalue weighted by atomic mass is 10.0. The summed E-state index contributed by atoms with van der Waals surface area (Å²) in [5.41, 5.74) is 3.83. The molecule has 0 aliphatic heterocycles. The molecule has 0 fully saturated rings. The predicted molar refractivity (Wildman–Crippen MR) is 138 cm³/mol. The number of thiophene rings is 1. The standard InChI is InChI=1S/C26H24N2O4S2/c1-4-32-26(30)23-19(17-9-6-5-7-10-17)14-34-25(23)27-21(29)15-33-22-13-16(2)18-11-8-12-20(31-3)24(18)28-22/h5-14H,4,15H2,1-3H3,(H,27,29). The quantitative estimate of drug-likeness (QED) is 0.233. The molecule has 174 valence electrons. The summed E-state index contributed by atoms with van der Waals surface area (Å²) in [6, 6.07) is 17.3. The number of nitrogens with one attached hydrogen (secondary N) is 1. The monoisotopic (exact) mass is 492 g/mol. The molecule has 0 aliphatic carbocycles. The van der Waals surface area contributed by atoms with Gasteiger partial charge in [-0.15, -0.1) is 11.3 Å². The van der Waals surface area contributed by atoms with Gasteiger partial charge in [0.1, 0.15) is 21.8 Å². The number of pyridine rings is 1. The molecule has 0 saturated carbocycles. The Hall–Kier alpha value is -3.36. The minimum Gasteiger partial charge on any atom is -0.494 e. The SMILES string of the molecule is CCOC(=O)c1c(-c2ccccc2)csc1NC(=O)CSc1cc(C)c2cccc(OC)c2n1. The number of ether oxygens (including phenoxy) is 2. The van der Waals surface area contributed by atoms with Crippen molar-refractivity contribution in [3.8, 4) is 16.9 Å². The van der Waals surface area contributed by atoms with Crippen molar-refractivity contribution in [2.75, 3.05) is 24.8 Å². The average molecular weight is 493 g/mol. The Bertz CT molecular complexity index is 1340. The summed E-state index contributed by atoms with van der Waals surface area (Å²) in [6.07, 6.45) is 0. The Morgan fingerprint density at radius 3 is 2.65 bits per heavy atom. The number of thioether (sulfide) groups is 1. The zero-order valence-corrected chi connectivity index (χ0v) is 20.7. The van der Waals surface area contributed by atoms with E-state index < -0.39 is 5.97 Å². The van der Waals surface area contributed by atoms with Crippen LogP contribution in [-0.4, -0.2) is 36.3 Å². The Morgan fingerprint density at radius 1 is 1.12 bits per heavy atom. The molecular formula is C26H24N2O4S2. The summed E-state index contributed by atoms with van der Waals surface area (Å²) >= 11 is 2.64. The molecule has 0 unspecified atom stereocenters. The minimum absolute atomic E-state index is 0.147. The Balaban J connectivity index is 1.53. The number of nitrogens with zero attached hydrogens (tertiary/aromatic N) is 1. The van der Waals surface area contributed by atoms with E-state index in [0.717, 1.165) is 32.6 Å². The van der Waals surface area contributed by atoms with Crippen molar-refractivity contribution < 1.29 is 19.1 Å². The molecule has 6 nitrogen and oxygen atoms in total. The van der Waals surface area contributed by atoms with Gasteiger partial charge in [0.2, 0.25) is 5.91 Å². The summed E-state index contributed by atoms with van der Waals surface area (Å²) in [6.45, 7) is 4.02. The first-order valence-electron chi connectivity index (χ1n) is 10.7. The van der Waals surface area contributed by atoms with Gasteiger partial charge in [0.25, 0.3) is 0 Å². The van der Waals surface area contributed by atoms with Crippen LogP contribution in [0.1, 0.15) is 22.8 Å². The van der Waals surface area contributed by atoms with E-state index in [1.165, 1.54) is 23.1 Å². The zero-order chi connectivity index (χ0) is 24.1. The van der Waals surface area contributed by atoms with Gasteiger partial charge in [-0.3, -0.25) is 4.79 Å². The second kappa shape index (κ2) is 10.7. The molecule has 4 aromatic rings. The number of rotatable bonds is 8. The van der Waals surface area contributed by atoms with Gasteiger partial charge in [-0.1, -0.05) is 54.2 Å². The van der Waals surface area contributed by atoms with Gasteiger partial charge in [0, 0.05) is 16.3 Å². The summed E-state index contributed by atoms with van der Waals surface area (Å²) < 4.78 is 10.7. The third-order valence-corrected chi connectivity index (χ3v) is 6.97. The lowest BCUT2D eigenvalue weighted by molar-refractivity contribution is -0.113. The normalized spacial score (nSPS) is 10.8. The van der Waals surface area contributed by atoms with Gasteiger partial charge in [-0.2, -0.15) is 0 Å². The third-order valence-electron chi connectivity index (χ3n) is 5.17. The first kappa shape index (κ1) is 23.8. The smallest absolute Gasteiger partial charge is 0.341 e. The highest BCUT2D eigenvalue weighted by atomic mass is 32.2. The second-order valence-electron chi connectivity index (χ2n) is 7.41. The number of aromatic nitrogens is 1. The molecule has 1 amide bonds. The van der Waals surface area contributed by atoms with Gasteiger partial charge in [0.05, 0.1) is 24.5 Å². The molecule has 34 heavy (non-hydrogen) atoms. The van der Waals surface area contributed by atoms with Crippen molar-refractivity contribution >= 4 is 50.9 Å². The van der Waals surface area contributed by atoms with Crippen LogP contribution in [0.2, 0.25) is 0 Å². The van der Waals surface area contributed by atoms with E-state index in [9.17, 15) is 9.59 Å². The number of anilines is 1. The Labute approximate surface area is 206 Å². The highest BCUT2D eigenvalue weighted by molar-refractivity contribution is 7.99. The van der Waals surface area contributed by atoms with Crippen LogP contribution in [0.5, 0.6) is 5.75 Å². The van der Waals surface area contributed by atoms with E-state index in [1.807, 2.05) is 66.9 Å². The van der Waals surface area contributed by atoms with E-state index in [2.05, 4.69) is 10.3 Å². The van der Waals surface area contributed by atoms with Gasteiger partial charge >= 0.3 is 5.97 Å². The van der Waals surface area contributed by atoms with Crippen LogP contribution in [0.25, 0.3) is 22.0 Å². The summed E-state index contributed by atoms with van der Waals surface area (Å²) in [7, 11) is 1.62. The first-order chi connectivity index (χ1) is 16.5. The third kappa shape index (κ3) is 5.08. The van der Waals surface area contributed by atoms with Crippen molar-refractivity contribution in [2.45, 2.75) is 18.9 Å². The number of carbonyl (C=O) groups excluding carboxylic acids is 2. The summed E-state index contributed by atoms with van der Waals surface area (Å²) in [5.74, 6) is 0.160. The fourth-order valence-corrected chi connectivity index (χ4v) is 5.33. The first-order valence-corrected chi connectivity index (χ1v) is 12.6. The number of hydrogen-bond donors (Lipinski definition) is 1. The van der Waals surface area contributed by atoms with Gasteiger partial charge in [-0.05, 0) is 37.1 Å². The number of fused-ring (bicyclic) bond motifs is 1. The summed E-state index contributed by atoms with van der Waals surface area (Å²) in [5, 5.41) is 6.98. The van der Waals surface area contributed by atoms with Gasteiger partial charge in [-0.25, -0.2) is 9.78 Å². The number of amides is 1. The van der Waals surface area contributed by atoms with Crippen LogP contribution in [0.15, 0.2) is 65.0 Å². The van der Waals surface area contributed by atoms with Crippen molar-refractivity contribution in [2.24, 2.45) is 0 Å². The molecule has 0 radical (unpaired) electrons. The minimum atomic E-state index is -0.454. The molecule has 2 aromatic carbocycles.